The largest absolute Gasteiger partial charge is 0.453 e. The highest BCUT2D eigenvalue weighted by Gasteiger charge is 2.63. The number of nitrogens with zero attached hydrogens (tertiary/aromatic N) is 5. The molecule has 1 fully saturated rings. The number of ether oxygens (including phenoxy) is 4. The lowest BCUT2D eigenvalue weighted by atomic mass is 9.89. The molecular weight excluding hydrogens is 462 g/mol. The van der Waals surface area contributed by atoms with Crippen LogP contribution in [0.4, 0.5) is 0 Å². The molecule has 5 atom stereocenters. The van der Waals surface area contributed by atoms with Gasteiger partial charge in [-0.1, -0.05) is 72.7 Å². The maximum Gasteiger partial charge on any atom is 0.302 e. The highest BCUT2D eigenvalue weighted by Crippen LogP contribution is 2.48. The molecule has 0 saturated carbocycles. The van der Waals surface area contributed by atoms with E-state index in [2.05, 4.69) is 15.0 Å². The van der Waals surface area contributed by atoms with Gasteiger partial charge in [-0.05, 0) is 23.6 Å². The number of azide groups is 1. The molecule has 5 rings (SSSR count). The second-order valence-electron chi connectivity index (χ2n) is 9.04. The van der Waals surface area contributed by atoms with Gasteiger partial charge in [-0.25, -0.2) is 0 Å². The van der Waals surface area contributed by atoms with E-state index in [0.717, 1.165) is 11.1 Å². The fourth-order valence-corrected chi connectivity index (χ4v) is 4.71. The van der Waals surface area contributed by atoms with Crippen molar-refractivity contribution in [3.63, 3.8) is 0 Å². The molecule has 1 aromatic heterocycles. The van der Waals surface area contributed by atoms with Gasteiger partial charge >= 0.3 is 6.01 Å². The minimum absolute atomic E-state index is 0.0971. The zero-order valence-electron chi connectivity index (χ0n) is 20.1. The van der Waals surface area contributed by atoms with Gasteiger partial charge in [-0.15, -0.1) is 0 Å². The highest BCUT2D eigenvalue weighted by molar-refractivity contribution is 5.20. The minimum Gasteiger partial charge on any atom is -0.453 e. The van der Waals surface area contributed by atoms with Crippen molar-refractivity contribution in [2.45, 2.75) is 57.1 Å². The second-order valence-corrected chi connectivity index (χ2v) is 9.04. The molecule has 3 aromatic rings. The second kappa shape index (κ2) is 10.1. The Balaban J connectivity index is 1.49. The van der Waals surface area contributed by atoms with Gasteiger partial charge in [-0.2, -0.15) is 4.98 Å². The molecule has 3 heterocycles. The predicted octanol–water partition coefficient (Wildman–Crippen LogP) is 4.08. The molecule has 0 bridgehead atoms. The monoisotopic (exact) mass is 489 g/mol. The van der Waals surface area contributed by atoms with Crippen LogP contribution in [0.5, 0.6) is 6.01 Å². The summed E-state index contributed by atoms with van der Waals surface area (Å²) in [4.78, 5) is 19.2. The number of aromatic nitrogens is 2. The summed E-state index contributed by atoms with van der Waals surface area (Å²) in [5.74, 6) is 0. The van der Waals surface area contributed by atoms with E-state index in [9.17, 15) is 10.3 Å². The van der Waals surface area contributed by atoms with Crippen LogP contribution in [0.2, 0.25) is 0 Å². The van der Waals surface area contributed by atoms with Crippen LogP contribution in [0.1, 0.15) is 29.8 Å². The van der Waals surface area contributed by atoms with E-state index in [4.69, 9.17) is 18.9 Å². The number of hydrogen-bond donors (Lipinski definition) is 0. The van der Waals surface area contributed by atoms with Gasteiger partial charge in [0.2, 0.25) is 0 Å². The highest BCUT2D eigenvalue weighted by atomic mass is 16.7. The standard InChI is InChI=1S/C26H27N5O5/c1-17-13-31-24-21(35-25(31)28-23(17)32)22(34-15-20-11-7-4-8-12-20)26(36-24,18(2)29-30-27)16-33-14-19-9-5-3-6-10-19/h3-13,18,21-22,24H,14-16H2,1-2H3/t18?,21-,22-,24+,26-/m0/s1. The summed E-state index contributed by atoms with van der Waals surface area (Å²) in [7, 11) is 0. The average molecular weight is 490 g/mol. The summed E-state index contributed by atoms with van der Waals surface area (Å²) in [6.07, 6.45) is -0.276. The normalized spacial score (nSPS) is 24.9. The van der Waals surface area contributed by atoms with Crippen molar-refractivity contribution in [3.05, 3.63) is 104 Å². The van der Waals surface area contributed by atoms with Crippen LogP contribution in [0, 0.1) is 6.92 Å². The first kappa shape index (κ1) is 24.0. The van der Waals surface area contributed by atoms with Gasteiger partial charge < -0.3 is 18.9 Å². The lowest BCUT2D eigenvalue weighted by Crippen LogP contribution is -2.55. The van der Waals surface area contributed by atoms with Crippen LogP contribution >= 0.6 is 0 Å². The molecule has 1 saturated heterocycles. The molecule has 0 aliphatic carbocycles. The Bertz CT molecular complexity index is 1310. The third-order valence-corrected chi connectivity index (χ3v) is 6.65. The van der Waals surface area contributed by atoms with Crippen LogP contribution in [0.25, 0.3) is 10.4 Å². The topological polar surface area (TPSA) is 121 Å². The molecule has 0 radical (unpaired) electrons. The van der Waals surface area contributed by atoms with Gasteiger partial charge in [0.05, 0.1) is 25.9 Å². The Hall–Kier alpha value is -3.69. The number of hydrogen-bond acceptors (Lipinski definition) is 7. The quantitative estimate of drug-likeness (QED) is 0.254. The van der Waals surface area contributed by atoms with E-state index in [0.29, 0.717) is 12.2 Å². The van der Waals surface area contributed by atoms with Gasteiger partial charge in [0, 0.05) is 16.7 Å². The van der Waals surface area contributed by atoms with Crippen molar-refractivity contribution in [3.8, 4) is 6.01 Å². The molecule has 2 aromatic carbocycles. The Morgan fingerprint density at radius 2 is 1.81 bits per heavy atom. The molecule has 10 heteroatoms. The first-order chi connectivity index (χ1) is 17.5. The van der Waals surface area contributed by atoms with Crippen molar-refractivity contribution < 1.29 is 18.9 Å². The minimum atomic E-state index is -1.15. The Kier molecular flexibility index (Phi) is 6.75. The van der Waals surface area contributed by atoms with Crippen LogP contribution < -0.4 is 10.3 Å². The zero-order chi connectivity index (χ0) is 25.1. The van der Waals surface area contributed by atoms with E-state index in [1.807, 2.05) is 60.7 Å². The number of rotatable bonds is 9. The van der Waals surface area contributed by atoms with Crippen molar-refractivity contribution in [2.75, 3.05) is 6.61 Å². The van der Waals surface area contributed by atoms with E-state index in [1.54, 1.807) is 24.6 Å². The molecular formula is C26H27N5O5. The Labute approximate surface area is 208 Å². The van der Waals surface area contributed by atoms with Gasteiger partial charge in [-0.3, -0.25) is 9.36 Å². The summed E-state index contributed by atoms with van der Waals surface area (Å²) in [5, 5.41) is 3.99. The van der Waals surface area contributed by atoms with Gasteiger partial charge in [0.15, 0.2) is 12.3 Å². The molecule has 10 nitrogen and oxygen atoms in total. The van der Waals surface area contributed by atoms with Crippen LogP contribution in [-0.2, 0) is 27.4 Å². The maximum atomic E-state index is 12.1. The number of aryl methyl sites for hydroxylation is 1. The first-order valence-corrected chi connectivity index (χ1v) is 11.8. The lowest BCUT2D eigenvalue weighted by molar-refractivity contribution is -0.167. The summed E-state index contributed by atoms with van der Waals surface area (Å²) in [6.45, 7) is 4.19. The Morgan fingerprint density at radius 3 is 2.47 bits per heavy atom. The molecule has 0 spiro atoms. The SMILES string of the molecule is Cc1cn2c(nc1=O)O[C@@H]1[C@H]2O[C@@](COCc2ccccc2)(C(C)N=[N+]=[N-])[C@H]1OCc1ccccc1. The third-order valence-electron chi connectivity index (χ3n) is 6.65. The predicted molar refractivity (Wildman–Crippen MR) is 130 cm³/mol. The average Bonchev–Trinajstić information content (AvgIpc) is 3.37. The summed E-state index contributed by atoms with van der Waals surface area (Å²) < 4.78 is 27.0. The van der Waals surface area contributed by atoms with Crippen LogP contribution in [-0.4, -0.2) is 40.0 Å². The van der Waals surface area contributed by atoms with Crippen LogP contribution in [0.3, 0.4) is 0 Å². The molecule has 1 unspecified atom stereocenters. The van der Waals surface area contributed by atoms with Crippen molar-refractivity contribution in [2.24, 2.45) is 5.11 Å². The van der Waals surface area contributed by atoms with Crippen LogP contribution in [0.15, 0.2) is 76.8 Å². The molecule has 0 N–H and O–H groups in total. The zero-order valence-corrected chi connectivity index (χ0v) is 20.1. The van der Waals surface area contributed by atoms with E-state index in [1.165, 1.54) is 0 Å². The van der Waals surface area contributed by atoms with Crippen molar-refractivity contribution in [1.29, 1.82) is 0 Å². The smallest absolute Gasteiger partial charge is 0.302 e. The van der Waals surface area contributed by atoms with Crippen molar-refractivity contribution in [1.82, 2.24) is 9.55 Å². The Morgan fingerprint density at radius 1 is 1.14 bits per heavy atom. The molecule has 36 heavy (non-hydrogen) atoms. The fourth-order valence-electron chi connectivity index (χ4n) is 4.71. The lowest BCUT2D eigenvalue weighted by Gasteiger charge is -2.38. The molecule has 2 aliphatic heterocycles. The fraction of sp³-hybridized carbons (Fsp3) is 0.385. The summed E-state index contributed by atoms with van der Waals surface area (Å²) in [5.41, 5.74) is 10.2. The maximum absolute atomic E-state index is 12.1. The van der Waals surface area contributed by atoms with E-state index in [-0.39, 0.29) is 24.8 Å². The number of benzene rings is 2. The van der Waals surface area contributed by atoms with E-state index < -0.39 is 30.1 Å². The number of fused-ring (bicyclic) bond motifs is 3. The molecule has 186 valence electrons. The third kappa shape index (κ3) is 4.47. The summed E-state index contributed by atoms with van der Waals surface area (Å²) >= 11 is 0. The first-order valence-electron chi connectivity index (χ1n) is 11.8. The summed E-state index contributed by atoms with van der Waals surface area (Å²) in [6, 6.07) is 19.0. The van der Waals surface area contributed by atoms with E-state index >= 15 is 0 Å². The molecule has 0 amide bonds. The van der Waals surface area contributed by atoms with Gasteiger partial charge in [0.1, 0.15) is 11.7 Å². The molecule has 2 aliphatic rings. The van der Waals surface area contributed by atoms with Crippen molar-refractivity contribution >= 4 is 0 Å². The van der Waals surface area contributed by atoms with Gasteiger partial charge in [0.25, 0.3) is 5.56 Å².